The first-order valence-corrected chi connectivity index (χ1v) is 5.05. The van der Waals surface area contributed by atoms with E-state index in [1.807, 2.05) is 6.92 Å². The minimum absolute atomic E-state index is 0.111. The number of carbonyl (C=O) groups is 3. The van der Waals surface area contributed by atoms with Gasteiger partial charge in [0.1, 0.15) is 0 Å². The summed E-state index contributed by atoms with van der Waals surface area (Å²) in [6.45, 7) is 4.00. The van der Waals surface area contributed by atoms with Crippen molar-refractivity contribution in [1.29, 1.82) is 0 Å². The first-order chi connectivity index (χ1) is 7.36. The Balaban J connectivity index is 0. The minimum Gasteiger partial charge on any atom is -0.481 e. The van der Waals surface area contributed by atoms with Crippen LogP contribution in [0.4, 0.5) is 0 Å². The van der Waals surface area contributed by atoms with Gasteiger partial charge in [0.15, 0.2) is 0 Å². The smallest absolute Gasteiger partial charge is 0.414 e. The van der Waals surface area contributed by atoms with E-state index >= 15 is 0 Å². The van der Waals surface area contributed by atoms with Gasteiger partial charge in [-0.15, -0.1) is 0 Å². The van der Waals surface area contributed by atoms with E-state index in [9.17, 15) is 4.79 Å². The molecule has 0 bridgehead atoms. The highest BCUT2D eigenvalue weighted by atomic mass is 16.4. The molecule has 0 aromatic rings. The van der Waals surface area contributed by atoms with Gasteiger partial charge in [-0.3, -0.25) is 4.79 Å². The van der Waals surface area contributed by atoms with Crippen LogP contribution in [0.1, 0.15) is 39.5 Å². The second-order valence-electron chi connectivity index (χ2n) is 3.20. The Morgan fingerprint density at radius 3 is 1.62 bits per heavy atom. The van der Waals surface area contributed by atoms with E-state index in [-0.39, 0.29) is 5.92 Å². The van der Waals surface area contributed by atoms with Crippen molar-refractivity contribution < 1.29 is 29.7 Å². The molecule has 0 radical (unpaired) electrons. The van der Waals surface area contributed by atoms with Crippen LogP contribution < -0.4 is 0 Å². The maximum absolute atomic E-state index is 10.4. The lowest BCUT2D eigenvalue weighted by Crippen LogP contribution is -2.11. The van der Waals surface area contributed by atoms with Crippen LogP contribution in [0.5, 0.6) is 0 Å². The van der Waals surface area contributed by atoms with Gasteiger partial charge in [-0.05, 0) is 12.8 Å². The Labute approximate surface area is 93.9 Å². The molecule has 3 N–H and O–H groups in total. The molecular formula is C10H18O6. The molecule has 1 unspecified atom stereocenters. The highest BCUT2D eigenvalue weighted by Crippen LogP contribution is 2.11. The normalized spacial score (nSPS) is 10.9. The fraction of sp³-hybridized carbons (Fsp3) is 0.700. The molecule has 0 amide bonds. The topological polar surface area (TPSA) is 112 Å². The second kappa shape index (κ2) is 9.95. The number of aliphatic carboxylic acids is 3. The van der Waals surface area contributed by atoms with E-state index in [1.54, 1.807) is 0 Å². The van der Waals surface area contributed by atoms with Gasteiger partial charge in [-0.2, -0.15) is 0 Å². The third-order valence-corrected chi connectivity index (χ3v) is 1.93. The average Bonchev–Trinajstić information content (AvgIpc) is 2.19. The van der Waals surface area contributed by atoms with E-state index in [0.717, 1.165) is 25.7 Å². The molecule has 6 nitrogen and oxygen atoms in total. The molecule has 0 saturated heterocycles. The van der Waals surface area contributed by atoms with Gasteiger partial charge < -0.3 is 15.3 Å². The molecule has 0 rings (SSSR count). The lowest BCUT2D eigenvalue weighted by Gasteiger charge is -2.06. The van der Waals surface area contributed by atoms with Crippen molar-refractivity contribution in [2.75, 3.05) is 0 Å². The molecule has 94 valence electrons. The molecule has 16 heavy (non-hydrogen) atoms. The van der Waals surface area contributed by atoms with Gasteiger partial charge >= 0.3 is 17.9 Å². The number of hydrogen-bond donors (Lipinski definition) is 3. The van der Waals surface area contributed by atoms with Crippen molar-refractivity contribution in [3.05, 3.63) is 0 Å². The van der Waals surface area contributed by atoms with Gasteiger partial charge in [-0.25, -0.2) is 9.59 Å². The summed E-state index contributed by atoms with van der Waals surface area (Å²) in [6.07, 6.45) is 3.71. The van der Waals surface area contributed by atoms with Crippen LogP contribution in [-0.4, -0.2) is 33.2 Å². The largest absolute Gasteiger partial charge is 0.481 e. The first-order valence-electron chi connectivity index (χ1n) is 5.05. The SMILES string of the molecule is CCCCC(CC)C(=O)O.O=C(O)C(=O)O. The number of hydrogen-bond acceptors (Lipinski definition) is 3. The van der Waals surface area contributed by atoms with Crippen LogP contribution in [0.15, 0.2) is 0 Å². The van der Waals surface area contributed by atoms with Crippen LogP contribution in [0.3, 0.4) is 0 Å². The van der Waals surface area contributed by atoms with E-state index in [4.69, 9.17) is 24.9 Å². The number of rotatable bonds is 5. The molecule has 0 aliphatic carbocycles. The maximum Gasteiger partial charge on any atom is 0.414 e. The van der Waals surface area contributed by atoms with Gasteiger partial charge in [0.25, 0.3) is 0 Å². The predicted octanol–water partition coefficient (Wildman–Crippen LogP) is 1.44. The summed E-state index contributed by atoms with van der Waals surface area (Å²) in [6, 6.07) is 0. The van der Waals surface area contributed by atoms with Gasteiger partial charge in [0, 0.05) is 0 Å². The summed E-state index contributed by atoms with van der Waals surface area (Å²) in [7, 11) is 0. The highest BCUT2D eigenvalue weighted by molar-refractivity contribution is 6.27. The monoisotopic (exact) mass is 234 g/mol. The zero-order chi connectivity index (χ0) is 13.1. The fourth-order valence-electron chi connectivity index (χ4n) is 0.953. The molecule has 0 aliphatic heterocycles. The summed E-state index contributed by atoms with van der Waals surface area (Å²) in [5.74, 6) is -4.40. The molecule has 1 atom stereocenters. The van der Waals surface area contributed by atoms with Crippen LogP contribution >= 0.6 is 0 Å². The Bertz CT molecular complexity index is 223. The van der Waals surface area contributed by atoms with Crippen molar-refractivity contribution in [3.63, 3.8) is 0 Å². The van der Waals surface area contributed by atoms with Crippen molar-refractivity contribution in [2.24, 2.45) is 5.92 Å². The molecule has 0 saturated carbocycles. The minimum atomic E-state index is -1.82. The van der Waals surface area contributed by atoms with Crippen LogP contribution in [0.2, 0.25) is 0 Å². The molecule has 0 fully saturated rings. The zero-order valence-electron chi connectivity index (χ0n) is 9.47. The van der Waals surface area contributed by atoms with Crippen LogP contribution in [0, 0.1) is 5.92 Å². The lowest BCUT2D eigenvalue weighted by atomic mass is 10.00. The Morgan fingerprint density at radius 2 is 1.44 bits per heavy atom. The molecule has 6 heteroatoms. The van der Waals surface area contributed by atoms with E-state index in [2.05, 4.69) is 6.92 Å². The predicted molar refractivity (Wildman–Crippen MR) is 56.2 cm³/mol. The van der Waals surface area contributed by atoms with Gasteiger partial charge in [0.2, 0.25) is 0 Å². The molecule has 0 heterocycles. The maximum atomic E-state index is 10.4. The van der Waals surface area contributed by atoms with Gasteiger partial charge in [-0.1, -0.05) is 26.7 Å². The molecular weight excluding hydrogens is 216 g/mol. The third kappa shape index (κ3) is 10.5. The summed E-state index contributed by atoms with van der Waals surface area (Å²) >= 11 is 0. The molecule has 0 spiro atoms. The summed E-state index contributed by atoms with van der Waals surface area (Å²) in [5, 5.41) is 23.4. The molecule has 0 aromatic heterocycles. The van der Waals surface area contributed by atoms with Crippen LogP contribution in [-0.2, 0) is 14.4 Å². The van der Waals surface area contributed by atoms with E-state index in [0.29, 0.717) is 0 Å². The van der Waals surface area contributed by atoms with Crippen molar-refractivity contribution in [3.8, 4) is 0 Å². The lowest BCUT2D eigenvalue weighted by molar-refractivity contribution is -0.159. The number of unbranched alkanes of at least 4 members (excludes halogenated alkanes) is 1. The Kier molecular flexibility index (Phi) is 10.5. The van der Waals surface area contributed by atoms with Gasteiger partial charge in [0.05, 0.1) is 5.92 Å². The summed E-state index contributed by atoms with van der Waals surface area (Å²) < 4.78 is 0. The van der Waals surface area contributed by atoms with E-state index < -0.39 is 17.9 Å². The first kappa shape index (κ1) is 16.8. The molecule has 0 aliphatic rings. The van der Waals surface area contributed by atoms with E-state index in [1.165, 1.54) is 0 Å². The Hall–Kier alpha value is -1.59. The molecule has 0 aromatic carbocycles. The summed E-state index contributed by atoms with van der Waals surface area (Å²) in [5.41, 5.74) is 0. The highest BCUT2D eigenvalue weighted by Gasteiger charge is 2.12. The standard InChI is InChI=1S/C8H16O2.C2H2O4/c1-3-5-6-7(4-2)8(9)10;3-1(4)2(5)6/h7H,3-6H2,1-2H3,(H,9,10);(H,3,4)(H,5,6). The van der Waals surface area contributed by atoms with Crippen molar-refractivity contribution in [1.82, 2.24) is 0 Å². The number of carboxylic acids is 3. The fourth-order valence-corrected chi connectivity index (χ4v) is 0.953. The number of carboxylic acid groups (broad SMARTS) is 3. The second-order valence-corrected chi connectivity index (χ2v) is 3.20. The van der Waals surface area contributed by atoms with Crippen LogP contribution in [0.25, 0.3) is 0 Å². The summed E-state index contributed by atoms with van der Waals surface area (Å²) in [4.78, 5) is 28.6. The zero-order valence-corrected chi connectivity index (χ0v) is 9.47. The third-order valence-electron chi connectivity index (χ3n) is 1.93. The van der Waals surface area contributed by atoms with Crippen molar-refractivity contribution in [2.45, 2.75) is 39.5 Å². The average molecular weight is 234 g/mol. The Morgan fingerprint density at radius 1 is 1.00 bits per heavy atom. The quantitative estimate of drug-likeness (QED) is 0.620. The van der Waals surface area contributed by atoms with Crippen molar-refractivity contribution >= 4 is 17.9 Å².